The predicted molar refractivity (Wildman–Crippen MR) is 128 cm³/mol. The molecule has 7 nitrogen and oxygen atoms in total. The Bertz CT molecular complexity index is 1190. The van der Waals surface area contributed by atoms with Crippen LogP contribution in [0.4, 0.5) is 4.39 Å². The lowest BCUT2D eigenvalue weighted by Gasteiger charge is -2.32. The minimum atomic E-state index is -0.655. The number of halogens is 1. The SMILES string of the molecule is O=C1c2ccc(OCc3ccc(F)nc3)cc2OCCN1CC(O)CN1CCc2ccccc2C1. The minimum Gasteiger partial charge on any atom is -0.491 e. The Morgan fingerprint density at radius 1 is 1.09 bits per heavy atom. The van der Waals surface area contributed by atoms with Crippen LogP contribution >= 0.6 is 0 Å². The number of hydrogen-bond acceptors (Lipinski definition) is 6. The summed E-state index contributed by atoms with van der Waals surface area (Å²) in [5.74, 6) is 0.283. The third-order valence-electron chi connectivity index (χ3n) is 6.39. The highest BCUT2D eigenvalue weighted by atomic mass is 19.1. The summed E-state index contributed by atoms with van der Waals surface area (Å²) in [5.41, 5.74) is 3.84. The van der Waals surface area contributed by atoms with Gasteiger partial charge in [0.1, 0.15) is 24.7 Å². The van der Waals surface area contributed by atoms with Crippen molar-refractivity contribution in [3.05, 3.63) is 89.0 Å². The molecule has 3 heterocycles. The molecule has 8 heteroatoms. The first-order chi connectivity index (χ1) is 17.0. The number of aromatic nitrogens is 1. The second-order valence-corrected chi connectivity index (χ2v) is 8.94. The van der Waals surface area contributed by atoms with Crippen molar-refractivity contribution >= 4 is 5.91 Å². The maximum atomic E-state index is 13.2. The normalized spacial score (nSPS) is 16.6. The molecule has 3 aromatic rings. The number of carbonyl (C=O) groups is 1. The fourth-order valence-electron chi connectivity index (χ4n) is 4.58. The van der Waals surface area contributed by atoms with Crippen molar-refractivity contribution in [1.29, 1.82) is 0 Å². The van der Waals surface area contributed by atoms with Gasteiger partial charge in [0.15, 0.2) is 0 Å². The number of hydrogen-bond donors (Lipinski definition) is 1. The molecule has 2 aliphatic heterocycles. The number of nitrogens with zero attached hydrogens (tertiary/aromatic N) is 3. The van der Waals surface area contributed by atoms with Crippen LogP contribution in [0.25, 0.3) is 0 Å². The van der Waals surface area contributed by atoms with Gasteiger partial charge in [-0.2, -0.15) is 4.39 Å². The summed E-state index contributed by atoms with van der Waals surface area (Å²) in [5, 5.41) is 10.8. The van der Waals surface area contributed by atoms with Crippen LogP contribution in [-0.4, -0.2) is 64.7 Å². The largest absolute Gasteiger partial charge is 0.491 e. The number of pyridine rings is 1. The zero-order valence-corrected chi connectivity index (χ0v) is 19.4. The highest BCUT2D eigenvalue weighted by Gasteiger charge is 2.27. The number of carbonyl (C=O) groups excluding carboxylic acids is 1. The molecule has 1 N–H and O–H groups in total. The molecule has 35 heavy (non-hydrogen) atoms. The van der Waals surface area contributed by atoms with Gasteiger partial charge in [-0.3, -0.25) is 9.69 Å². The zero-order chi connectivity index (χ0) is 24.2. The number of ether oxygens (including phenoxy) is 2. The standard InChI is InChI=1S/C27H28FN3O4/c28-26-8-5-19(14-29-26)18-35-23-6-7-24-25(13-23)34-12-11-31(27(24)33)17-22(32)16-30-10-9-20-3-1-2-4-21(20)15-30/h1-8,13-14,22,32H,9-12,15-18H2. The predicted octanol–water partition coefficient (Wildman–Crippen LogP) is 3.05. The minimum absolute atomic E-state index is 0.171. The average molecular weight is 478 g/mol. The van der Waals surface area contributed by atoms with E-state index in [1.165, 1.54) is 23.4 Å². The van der Waals surface area contributed by atoms with Gasteiger partial charge in [-0.1, -0.05) is 24.3 Å². The Morgan fingerprint density at radius 3 is 2.77 bits per heavy atom. The van der Waals surface area contributed by atoms with Gasteiger partial charge in [-0.05, 0) is 41.8 Å². The van der Waals surface area contributed by atoms with Crippen LogP contribution in [0.5, 0.6) is 11.5 Å². The second kappa shape index (κ2) is 10.4. The first-order valence-electron chi connectivity index (χ1n) is 11.8. The molecule has 1 aromatic heterocycles. The fourth-order valence-corrected chi connectivity index (χ4v) is 4.58. The summed E-state index contributed by atoms with van der Waals surface area (Å²) in [4.78, 5) is 20.7. The van der Waals surface area contributed by atoms with Gasteiger partial charge >= 0.3 is 0 Å². The highest BCUT2D eigenvalue weighted by Crippen LogP contribution is 2.29. The molecule has 0 spiro atoms. The molecule has 1 atom stereocenters. The topological polar surface area (TPSA) is 75.1 Å². The lowest BCUT2D eigenvalue weighted by Crippen LogP contribution is -2.44. The first kappa shape index (κ1) is 23.3. The van der Waals surface area contributed by atoms with Gasteiger partial charge in [0, 0.05) is 44.0 Å². The van der Waals surface area contributed by atoms with Gasteiger partial charge in [0.25, 0.3) is 5.91 Å². The molecule has 2 aromatic carbocycles. The first-order valence-corrected chi connectivity index (χ1v) is 11.8. The van der Waals surface area contributed by atoms with Crippen molar-refractivity contribution in [3.8, 4) is 11.5 Å². The van der Waals surface area contributed by atoms with E-state index in [1.54, 1.807) is 29.2 Å². The van der Waals surface area contributed by atoms with E-state index in [2.05, 4.69) is 28.1 Å². The maximum Gasteiger partial charge on any atom is 0.257 e. The quantitative estimate of drug-likeness (QED) is 0.528. The molecule has 1 amide bonds. The fraction of sp³-hybridized carbons (Fsp3) is 0.333. The van der Waals surface area contributed by atoms with E-state index in [1.807, 2.05) is 6.07 Å². The van der Waals surface area contributed by atoms with Crippen LogP contribution in [0.2, 0.25) is 0 Å². The molecular formula is C27H28FN3O4. The highest BCUT2D eigenvalue weighted by molar-refractivity contribution is 5.97. The molecule has 0 radical (unpaired) electrons. The summed E-state index contributed by atoms with van der Waals surface area (Å²) in [6.45, 7) is 3.40. The lowest BCUT2D eigenvalue weighted by molar-refractivity contribution is 0.0501. The van der Waals surface area contributed by atoms with E-state index in [0.29, 0.717) is 36.8 Å². The van der Waals surface area contributed by atoms with E-state index < -0.39 is 12.1 Å². The number of aliphatic hydroxyl groups excluding tert-OH is 1. The van der Waals surface area contributed by atoms with Crippen LogP contribution in [0.3, 0.4) is 0 Å². The van der Waals surface area contributed by atoms with E-state index >= 15 is 0 Å². The molecule has 0 saturated carbocycles. The molecule has 1 unspecified atom stereocenters. The monoisotopic (exact) mass is 477 g/mol. The molecular weight excluding hydrogens is 449 g/mol. The summed E-state index contributed by atoms with van der Waals surface area (Å²) in [6, 6.07) is 16.4. The van der Waals surface area contributed by atoms with Crippen LogP contribution in [0, 0.1) is 5.95 Å². The number of β-amino-alcohol motifs (C(OH)–C–C–N with tert-alkyl or cyclic N) is 1. The average Bonchev–Trinajstić information content (AvgIpc) is 3.02. The van der Waals surface area contributed by atoms with Crippen LogP contribution in [0.1, 0.15) is 27.0 Å². The smallest absolute Gasteiger partial charge is 0.257 e. The molecule has 2 aliphatic rings. The maximum absolute atomic E-state index is 13.2. The van der Waals surface area contributed by atoms with E-state index in [0.717, 1.165) is 25.1 Å². The van der Waals surface area contributed by atoms with E-state index in [-0.39, 0.29) is 19.1 Å². The van der Waals surface area contributed by atoms with Gasteiger partial charge < -0.3 is 19.5 Å². The van der Waals surface area contributed by atoms with E-state index in [9.17, 15) is 14.3 Å². The Balaban J connectivity index is 1.18. The third kappa shape index (κ3) is 5.61. The lowest BCUT2D eigenvalue weighted by atomic mass is 10.00. The summed E-state index contributed by atoms with van der Waals surface area (Å²) < 4.78 is 24.6. The van der Waals surface area contributed by atoms with Crippen LogP contribution < -0.4 is 9.47 Å². The molecule has 182 valence electrons. The van der Waals surface area contributed by atoms with Crippen molar-refractivity contribution in [3.63, 3.8) is 0 Å². The third-order valence-corrected chi connectivity index (χ3v) is 6.39. The molecule has 5 rings (SSSR count). The summed E-state index contributed by atoms with van der Waals surface area (Å²) in [7, 11) is 0. The molecule has 0 aliphatic carbocycles. The van der Waals surface area contributed by atoms with Gasteiger partial charge in [-0.15, -0.1) is 0 Å². The van der Waals surface area contributed by atoms with Crippen molar-refractivity contribution in [1.82, 2.24) is 14.8 Å². The summed E-state index contributed by atoms with van der Waals surface area (Å²) in [6.07, 6.45) is 1.73. The van der Waals surface area contributed by atoms with Crippen molar-refractivity contribution < 1.29 is 23.8 Å². The van der Waals surface area contributed by atoms with E-state index in [4.69, 9.17) is 9.47 Å². The number of benzene rings is 2. The van der Waals surface area contributed by atoms with Gasteiger partial charge in [-0.25, -0.2) is 4.98 Å². The number of rotatable bonds is 7. The van der Waals surface area contributed by atoms with Gasteiger partial charge in [0.2, 0.25) is 5.95 Å². The number of aliphatic hydroxyl groups is 1. The number of fused-ring (bicyclic) bond motifs is 2. The molecule has 0 saturated heterocycles. The molecule has 0 bridgehead atoms. The Kier molecular flexibility index (Phi) is 6.92. The summed E-state index contributed by atoms with van der Waals surface area (Å²) >= 11 is 0. The Morgan fingerprint density at radius 2 is 1.94 bits per heavy atom. The second-order valence-electron chi connectivity index (χ2n) is 8.94. The Hall–Kier alpha value is -3.49. The molecule has 0 fully saturated rings. The van der Waals surface area contributed by atoms with Crippen molar-refractivity contribution in [2.75, 3.05) is 32.8 Å². The van der Waals surface area contributed by atoms with Crippen LogP contribution in [-0.2, 0) is 19.6 Å². The van der Waals surface area contributed by atoms with Gasteiger partial charge in [0.05, 0.1) is 18.2 Å². The van der Waals surface area contributed by atoms with Crippen LogP contribution in [0.15, 0.2) is 60.8 Å². The number of amides is 1. The van der Waals surface area contributed by atoms with Crippen molar-refractivity contribution in [2.24, 2.45) is 0 Å². The Labute approximate surface area is 203 Å². The van der Waals surface area contributed by atoms with Crippen molar-refractivity contribution in [2.45, 2.75) is 25.7 Å². The zero-order valence-electron chi connectivity index (χ0n) is 19.4.